The first-order chi connectivity index (χ1) is 12.1. The van der Waals surface area contributed by atoms with Crippen LogP contribution in [-0.2, 0) is 6.42 Å². The summed E-state index contributed by atoms with van der Waals surface area (Å²) in [6.45, 7) is 8.61. The molecule has 0 bridgehead atoms. The molecule has 0 aliphatic carbocycles. The molecule has 1 fully saturated rings. The molecular formula is C19H25N5S. The van der Waals surface area contributed by atoms with Gasteiger partial charge in [-0.3, -0.25) is 5.10 Å². The monoisotopic (exact) mass is 355 g/mol. The minimum Gasteiger partial charge on any atom is -0.356 e. The number of nitrogens with zero attached hydrogens (tertiary/aromatic N) is 4. The van der Waals surface area contributed by atoms with E-state index in [9.17, 15) is 0 Å². The number of aryl methyl sites for hydroxylation is 1. The molecule has 0 atom stereocenters. The van der Waals surface area contributed by atoms with Crippen molar-refractivity contribution in [2.45, 2.75) is 46.0 Å². The normalized spacial score (nSPS) is 16.2. The molecule has 0 radical (unpaired) electrons. The largest absolute Gasteiger partial charge is 0.356 e. The number of hydrogen-bond donors (Lipinski definition) is 1. The van der Waals surface area contributed by atoms with Gasteiger partial charge in [-0.1, -0.05) is 13.8 Å². The second-order valence-electron chi connectivity index (χ2n) is 7.41. The van der Waals surface area contributed by atoms with E-state index in [1.165, 1.54) is 16.6 Å². The Morgan fingerprint density at radius 2 is 2.08 bits per heavy atom. The molecule has 0 aromatic carbocycles. The Morgan fingerprint density at radius 3 is 2.76 bits per heavy atom. The number of fused-ring (bicyclic) bond motifs is 1. The summed E-state index contributed by atoms with van der Waals surface area (Å²) in [6.07, 6.45) is 5.21. The lowest BCUT2D eigenvalue weighted by molar-refractivity contribution is 0.493. The molecular weight excluding hydrogens is 330 g/mol. The molecule has 1 aliphatic heterocycles. The molecule has 25 heavy (non-hydrogen) atoms. The van der Waals surface area contributed by atoms with Crippen LogP contribution in [0, 0.1) is 12.8 Å². The van der Waals surface area contributed by atoms with Gasteiger partial charge in [0.25, 0.3) is 0 Å². The zero-order valence-electron chi connectivity index (χ0n) is 15.1. The number of H-pyrrole nitrogens is 1. The molecule has 0 unspecified atom stereocenters. The second kappa shape index (κ2) is 6.75. The van der Waals surface area contributed by atoms with Gasteiger partial charge in [-0.05, 0) is 49.1 Å². The highest BCUT2D eigenvalue weighted by Gasteiger charge is 2.25. The second-order valence-corrected chi connectivity index (χ2v) is 8.26. The Hall–Kier alpha value is -1.95. The van der Waals surface area contributed by atoms with Crippen LogP contribution in [-0.4, -0.2) is 33.3 Å². The Kier molecular flexibility index (Phi) is 4.46. The molecule has 3 aromatic rings. The van der Waals surface area contributed by atoms with Crippen molar-refractivity contribution >= 4 is 27.4 Å². The van der Waals surface area contributed by atoms with Crippen LogP contribution in [0.1, 0.15) is 49.7 Å². The van der Waals surface area contributed by atoms with E-state index in [0.29, 0.717) is 11.8 Å². The number of anilines is 1. The molecule has 5 nitrogen and oxygen atoms in total. The standard InChI is InChI=1S/C19H25N5S/c1-12(2)10-15-11-25-19-17(15)18(21-13(3)22-19)24-8-5-14(6-9-24)16-4-7-20-23-16/h4,7,11-12,14H,5-6,8-10H2,1-3H3,(H,20,23). The SMILES string of the molecule is Cc1nc(N2CCC(c3ccn[nH]3)CC2)c2c(CC(C)C)csc2n1. The van der Waals surface area contributed by atoms with Gasteiger partial charge in [0.15, 0.2) is 0 Å². The lowest BCUT2D eigenvalue weighted by Gasteiger charge is -2.33. The van der Waals surface area contributed by atoms with Crippen LogP contribution in [0.2, 0.25) is 0 Å². The van der Waals surface area contributed by atoms with Crippen molar-refractivity contribution in [3.8, 4) is 0 Å². The van der Waals surface area contributed by atoms with Crippen LogP contribution < -0.4 is 4.90 Å². The Bertz CT molecular complexity index is 844. The first-order valence-corrected chi connectivity index (χ1v) is 9.98. The van der Waals surface area contributed by atoms with Crippen molar-refractivity contribution in [2.75, 3.05) is 18.0 Å². The Balaban J connectivity index is 1.63. The smallest absolute Gasteiger partial charge is 0.141 e. The topological polar surface area (TPSA) is 57.7 Å². The van der Waals surface area contributed by atoms with E-state index >= 15 is 0 Å². The molecule has 0 saturated carbocycles. The first-order valence-electron chi connectivity index (χ1n) is 9.10. The highest BCUT2D eigenvalue weighted by atomic mass is 32.1. The average Bonchev–Trinajstić information content (AvgIpc) is 3.24. The molecule has 3 aromatic heterocycles. The molecule has 0 spiro atoms. The molecule has 1 aliphatic rings. The molecule has 6 heteroatoms. The van der Waals surface area contributed by atoms with Crippen molar-refractivity contribution < 1.29 is 0 Å². The van der Waals surface area contributed by atoms with Gasteiger partial charge in [-0.15, -0.1) is 11.3 Å². The van der Waals surface area contributed by atoms with Crippen molar-refractivity contribution in [3.05, 3.63) is 34.7 Å². The lowest BCUT2D eigenvalue weighted by atomic mass is 9.93. The van der Waals surface area contributed by atoms with E-state index in [0.717, 1.165) is 48.8 Å². The number of piperidine rings is 1. The number of rotatable bonds is 4. The van der Waals surface area contributed by atoms with Crippen molar-refractivity contribution in [1.29, 1.82) is 0 Å². The zero-order valence-corrected chi connectivity index (χ0v) is 15.9. The number of aromatic nitrogens is 4. The van der Waals surface area contributed by atoms with Crippen molar-refractivity contribution in [2.24, 2.45) is 5.92 Å². The highest BCUT2D eigenvalue weighted by Crippen LogP contribution is 2.36. The van der Waals surface area contributed by atoms with E-state index in [-0.39, 0.29) is 0 Å². The minimum atomic E-state index is 0.579. The number of thiophene rings is 1. The van der Waals surface area contributed by atoms with Gasteiger partial charge in [0.2, 0.25) is 0 Å². The van der Waals surface area contributed by atoms with Gasteiger partial charge in [0.1, 0.15) is 16.5 Å². The van der Waals surface area contributed by atoms with Crippen molar-refractivity contribution in [1.82, 2.24) is 20.2 Å². The average molecular weight is 356 g/mol. The maximum atomic E-state index is 4.85. The fourth-order valence-corrected chi connectivity index (χ4v) is 4.79. The molecule has 4 rings (SSSR count). The summed E-state index contributed by atoms with van der Waals surface area (Å²) < 4.78 is 0. The number of nitrogens with one attached hydrogen (secondary N) is 1. The summed E-state index contributed by atoms with van der Waals surface area (Å²) in [7, 11) is 0. The van der Waals surface area contributed by atoms with Gasteiger partial charge >= 0.3 is 0 Å². The Morgan fingerprint density at radius 1 is 1.28 bits per heavy atom. The van der Waals surface area contributed by atoms with Gasteiger partial charge in [0.05, 0.1) is 5.39 Å². The van der Waals surface area contributed by atoms with Crippen molar-refractivity contribution in [3.63, 3.8) is 0 Å². The predicted molar refractivity (Wildman–Crippen MR) is 103 cm³/mol. The van der Waals surface area contributed by atoms with Crippen LogP contribution >= 0.6 is 11.3 Å². The molecule has 4 heterocycles. The molecule has 132 valence electrons. The van der Waals surface area contributed by atoms with E-state index < -0.39 is 0 Å². The summed E-state index contributed by atoms with van der Waals surface area (Å²) in [5.41, 5.74) is 2.67. The third-order valence-electron chi connectivity index (χ3n) is 4.99. The highest BCUT2D eigenvalue weighted by molar-refractivity contribution is 7.17. The summed E-state index contributed by atoms with van der Waals surface area (Å²) in [6, 6.07) is 2.10. The van der Waals surface area contributed by atoms with Gasteiger partial charge < -0.3 is 4.90 Å². The van der Waals surface area contributed by atoms with Crippen LogP contribution in [0.25, 0.3) is 10.2 Å². The van der Waals surface area contributed by atoms with Crippen LogP contribution in [0.15, 0.2) is 17.6 Å². The number of aromatic amines is 1. The van der Waals surface area contributed by atoms with Gasteiger partial charge in [0, 0.05) is 30.9 Å². The maximum absolute atomic E-state index is 4.85. The van der Waals surface area contributed by atoms with Crippen LogP contribution in [0.3, 0.4) is 0 Å². The third kappa shape index (κ3) is 3.27. The maximum Gasteiger partial charge on any atom is 0.141 e. The quantitative estimate of drug-likeness (QED) is 0.758. The van der Waals surface area contributed by atoms with E-state index in [4.69, 9.17) is 4.98 Å². The molecule has 1 N–H and O–H groups in total. The van der Waals surface area contributed by atoms with Crippen LogP contribution in [0.5, 0.6) is 0 Å². The minimum absolute atomic E-state index is 0.579. The fourth-order valence-electron chi connectivity index (χ4n) is 3.80. The zero-order chi connectivity index (χ0) is 17.4. The molecule has 1 saturated heterocycles. The number of hydrogen-bond acceptors (Lipinski definition) is 5. The van der Waals surface area contributed by atoms with E-state index in [1.807, 2.05) is 13.1 Å². The van der Waals surface area contributed by atoms with E-state index in [1.54, 1.807) is 11.3 Å². The summed E-state index contributed by atoms with van der Waals surface area (Å²) in [5, 5.41) is 10.8. The summed E-state index contributed by atoms with van der Waals surface area (Å²) in [4.78, 5) is 13.1. The predicted octanol–water partition coefficient (Wildman–Crippen LogP) is 4.31. The van der Waals surface area contributed by atoms with Crippen LogP contribution in [0.4, 0.5) is 5.82 Å². The van der Waals surface area contributed by atoms with Gasteiger partial charge in [-0.25, -0.2) is 9.97 Å². The summed E-state index contributed by atoms with van der Waals surface area (Å²) >= 11 is 1.76. The van der Waals surface area contributed by atoms with E-state index in [2.05, 4.69) is 45.4 Å². The fraction of sp³-hybridized carbons (Fsp3) is 0.526. The Labute approximate surface area is 152 Å². The third-order valence-corrected chi connectivity index (χ3v) is 5.91. The first kappa shape index (κ1) is 16.5. The lowest BCUT2D eigenvalue weighted by Crippen LogP contribution is -2.34. The van der Waals surface area contributed by atoms with Gasteiger partial charge in [-0.2, -0.15) is 5.10 Å². The summed E-state index contributed by atoms with van der Waals surface area (Å²) in [5.74, 6) is 3.23. The molecule has 0 amide bonds.